The third-order valence-electron chi connectivity index (χ3n) is 8.21. The molecule has 1 unspecified atom stereocenters. The Morgan fingerprint density at radius 1 is 0.949 bits per heavy atom. The number of allylic oxidation sites excluding steroid dienone is 2. The van der Waals surface area contributed by atoms with Crippen LogP contribution in [0.1, 0.15) is 63.8 Å². The lowest BCUT2D eigenvalue weighted by Gasteiger charge is -2.41. The highest BCUT2D eigenvalue weighted by Gasteiger charge is 2.39. The van der Waals surface area contributed by atoms with Gasteiger partial charge in [0.2, 0.25) is 0 Å². The number of aromatic hydroxyl groups is 2. The van der Waals surface area contributed by atoms with E-state index in [1.807, 2.05) is 59.0 Å². The van der Waals surface area contributed by atoms with E-state index in [-0.39, 0.29) is 29.7 Å². The first kappa shape index (κ1) is 28.1. The Morgan fingerprint density at radius 3 is 2.05 bits per heavy atom. The highest BCUT2D eigenvalue weighted by molar-refractivity contribution is 6.10. The van der Waals surface area contributed by atoms with Crippen LogP contribution in [0.25, 0.3) is 21.9 Å². The lowest BCUT2D eigenvalue weighted by molar-refractivity contribution is -0.117. The van der Waals surface area contributed by atoms with Crippen molar-refractivity contribution in [1.29, 1.82) is 0 Å². The zero-order valence-electron chi connectivity index (χ0n) is 24.2. The molecule has 1 heterocycles. The van der Waals surface area contributed by atoms with E-state index < -0.39 is 10.8 Å². The molecule has 0 saturated carbocycles. The normalized spacial score (nSPS) is 15.0. The largest absolute Gasteiger partial charge is 0.504 e. The maximum Gasteiger partial charge on any atom is 0.166 e. The van der Waals surface area contributed by atoms with Gasteiger partial charge in [0.25, 0.3) is 0 Å². The highest BCUT2D eigenvalue weighted by Crippen LogP contribution is 2.58. The van der Waals surface area contributed by atoms with Gasteiger partial charge in [0.05, 0.1) is 25.9 Å². The molecule has 0 aliphatic carbocycles. The first-order valence-electron chi connectivity index (χ1n) is 13.1. The minimum Gasteiger partial charge on any atom is -0.504 e. The molecule has 6 heteroatoms. The minimum absolute atomic E-state index is 0.0342. The number of phenolic OH excluding ortho intramolecular Hbond substituents is 2. The Kier molecular flexibility index (Phi) is 6.97. The summed E-state index contributed by atoms with van der Waals surface area (Å²) >= 11 is 0. The second kappa shape index (κ2) is 9.67. The smallest absolute Gasteiger partial charge is 0.166 e. The van der Waals surface area contributed by atoms with Crippen LogP contribution in [-0.2, 0) is 15.6 Å². The average Bonchev–Trinajstić information content (AvgIpc) is 2.89. The number of hydrogen-bond donors (Lipinski definition) is 2. The number of fused-ring (bicyclic) bond motifs is 5. The molecule has 4 rings (SSSR count). The molecular formula is C33H39NO5. The van der Waals surface area contributed by atoms with Crippen molar-refractivity contribution in [3.8, 4) is 34.1 Å². The SMILES string of the molecule is C=CC(C)(C)c1c(O)c(O)c(C(C)(C)C=C)c2c3c(ccc12)-c1ccc(OC)c(OC)c1C(CC(C)=O)N3C. The van der Waals surface area contributed by atoms with E-state index in [0.717, 1.165) is 33.2 Å². The van der Waals surface area contributed by atoms with Crippen LogP contribution in [0.15, 0.2) is 49.6 Å². The lowest BCUT2D eigenvalue weighted by Crippen LogP contribution is -2.31. The van der Waals surface area contributed by atoms with Crippen LogP contribution in [0.5, 0.6) is 23.0 Å². The standard InChI is InChI=1S/C33H39NO5/c1-11-32(4,5)26-21-14-13-20-19-15-16-23(38-9)31(39-10)24(19)22(17-18(3)35)34(8)28(20)25(21)27(30(37)29(26)36)33(6,7)12-2/h11-16,22,36-37H,1-2,17H2,3-10H3. The van der Waals surface area contributed by atoms with Crippen LogP contribution >= 0.6 is 0 Å². The Labute approximate surface area is 231 Å². The first-order valence-corrected chi connectivity index (χ1v) is 13.1. The van der Waals surface area contributed by atoms with Gasteiger partial charge in [-0.1, -0.05) is 52.0 Å². The lowest BCUT2D eigenvalue weighted by atomic mass is 9.73. The topological polar surface area (TPSA) is 79.2 Å². The Hall–Kier alpha value is -3.93. The zero-order valence-corrected chi connectivity index (χ0v) is 24.2. The summed E-state index contributed by atoms with van der Waals surface area (Å²) in [5.41, 5.74) is 3.41. The summed E-state index contributed by atoms with van der Waals surface area (Å²) < 4.78 is 11.5. The maximum absolute atomic E-state index is 12.6. The first-order chi connectivity index (χ1) is 18.3. The monoisotopic (exact) mass is 529 g/mol. The number of Topliss-reactive ketones (excluding diaryl/α,β-unsaturated/α-hetero) is 1. The predicted molar refractivity (Wildman–Crippen MR) is 159 cm³/mol. The molecule has 1 aliphatic rings. The third kappa shape index (κ3) is 4.13. The molecule has 0 fully saturated rings. The van der Waals surface area contributed by atoms with Crippen LogP contribution < -0.4 is 14.4 Å². The number of phenols is 2. The minimum atomic E-state index is -0.694. The average molecular weight is 530 g/mol. The van der Waals surface area contributed by atoms with Crippen LogP contribution in [0, 0.1) is 0 Å². The van der Waals surface area contributed by atoms with E-state index >= 15 is 0 Å². The summed E-state index contributed by atoms with van der Waals surface area (Å²) in [6, 6.07) is 7.54. The van der Waals surface area contributed by atoms with Gasteiger partial charge in [-0.2, -0.15) is 0 Å². The number of hydrogen-bond acceptors (Lipinski definition) is 6. The molecule has 0 saturated heterocycles. The molecule has 39 heavy (non-hydrogen) atoms. The van der Waals surface area contributed by atoms with Gasteiger partial charge < -0.3 is 24.6 Å². The number of nitrogens with zero attached hydrogens (tertiary/aromatic N) is 1. The molecule has 0 spiro atoms. The van der Waals surface area contributed by atoms with Crippen molar-refractivity contribution in [2.24, 2.45) is 0 Å². The number of carbonyl (C=O) groups is 1. The van der Waals surface area contributed by atoms with Gasteiger partial charge >= 0.3 is 0 Å². The van der Waals surface area contributed by atoms with Gasteiger partial charge in [0, 0.05) is 51.9 Å². The fraction of sp³-hybridized carbons (Fsp3) is 0.364. The number of benzene rings is 3. The van der Waals surface area contributed by atoms with E-state index in [1.165, 1.54) is 0 Å². The van der Waals surface area contributed by atoms with Gasteiger partial charge in [-0.3, -0.25) is 4.79 Å². The summed E-state index contributed by atoms with van der Waals surface area (Å²) in [4.78, 5) is 14.7. The van der Waals surface area contributed by atoms with Gasteiger partial charge in [-0.15, -0.1) is 13.2 Å². The summed E-state index contributed by atoms with van der Waals surface area (Å²) in [6.45, 7) is 17.5. The number of rotatable bonds is 8. The molecule has 206 valence electrons. The molecule has 3 aromatic carbocycles. The molecule has 1 atom stereocenters. The molecule has 2 N–H and O–H groups in total. The second-order valence-electron chi connectivity index (χ2n) is 11.5. The van der Waals surface area contributed by atoms with Crippen molar-refractivity contribution >= 4 is 22.2 Å². The number of carbonyl (C=O) groups excluding carboxylic acids is 1. The summed E-state index contributed by atoms with van der Waals surface area (Å²) in [5.74, 6) is 0.871. The molecule has 0 bridgehead atoms. The second-order valence-corrected chi connectivity index (χ2v) is 11.5. The van der Waals surface area contributed by atoms with Crippen molar-refractivity contribution in [3.05, 3.63) is 66.3 Å². The Balaban J connectivity index is 2.31. The quantitative estimate of drug-likeness (QED) is 0.235. The van der Waals surface area contributed by atoms with Gasteiger partial charge in [0.15, 0.2) is 23.0 Å². The van der Waals surface area contributed by atoms with Crippen LogP contribution in [0.3, 0.4) is 0 Å². The molecule has 0 radical (unpaired) electrons. The summed E-state index contributed by atoms with van der Waals surface area (Å²) in [7, 11) is 5.16. The Bertz CT molecular complexity index is 1510. The molecular weight excluding hydrogens is 490 g/mol. The van der Waals surface area contributed by atoms with Crippen molar-refractivity contribution in [3.63, 3.8) is 0 Å². The van der Waals surface area contributed by atoms with E-state index in [0.29, 0.717) is 22.6 Å². The van der Waals surface area contributed by atoms with Crippen molar-refractivity contribution < 1.29 is 24.5 Å². The van der Waals surface area contributed by atoms with E-state index in [4.69, 9.17) is 9.47 Å². The van der Waals surface area contributed by atoms with E-state index in [9.17, 15) is 15.0 Å². The fourth-order valence-corrected chi connectivity index (χ4v) is 5.98. The number of ether oxygens (including phenoxy) is 2. The van der Waals surface area contributed by atoms with Crippen LogP contribution in [0.4, 0.5) is 5.69 Å². The zero-order chi connectivity index (χ0) is 29.0. The fourth-order valence-electron chi connectivity index (χ4n) is 5.98. The Morgan fingerprint density at radius 2 is 1.51 bits per heavy atom. The molecule has 0 aromatic heterocycles. The van der Waals surface area contributed by atoms with E-state index in [2.05, 4.69) is 18.1 Å². The van der Waals surface area contributed by atoms with Crippen molar-refractivity contribution in [2.75, 3.05) is 26.2 Å². The molecule has 1 aliphatic heterocycles. The highest BCUT2D eigenvalue weighted by atomic mass is 16.5. The van der Waals surface area contributed by atoms with Gasteiger partial charge in [-0.05, 0) is 30.0 Å². The third-order valence-corrected chi connectivity index (χ3v) is 8.21. The summed E-state index contributed by atoms with van der Waals surface area (Å²) in [6.07, 6.45) is 3.79. The van der Waals surface area contributed by atoms with Crippen LogP contribution in [-0.4, -0.2) is 37.3 Å². The van der Waals surface area contributed by atoms with Crippen molar-refractivity contribution in [2.45, 2.75) is 57.9 Å². The number of methoxy groups -OCH3 is 2. The molecule has 0 amide bonds. The van der Waals surface area contributed by atoms with Crippen LogP contribution in [0.2, 0.25) is 0 Å². The number of anilines is 1. The van der Waals surface area contributed by atoms with Gasteiger partial charge in [-0.25, -0.2) is 0 Å². The van der Waals surface area contributed by atoms with Gasteiger partial charge in [0.1, 0.15) is 5.78 Å². The van der Waals surface area contributed by atoms with E-state index in [1.54, 1.807) is 33.3 Å². The van der Waals surface area contributed by atoms with Crippen molar-refractivity contribution in [1.82, 2.24) is 0 Å². The maximum atomic E-state index is 12.6. The molecule has 3 aromatic rings. The summed E-state index contributed by atoms with van der Waals surface area (Å²) in [5, 5.41) is 24.6. The predicted octanol–water partition coefficient (Wildman–Crippen LogP) is 7.33. The molecule has 6 nitrogen and oxygen atoms in total. The number of ketones is 1.